The maximum absolute atomic E-state index is 12.0. The first-order valence-corrected chi connectivity index (χ1v) is 19.3. The Morgan fingerprint density at radius 3 is 1.44 bits per heavy atom. The lowest BCUT2D eigenvalue weighted by Gasteiger charge is -2.12. The number of hydrogen-bond donors (Lipinski definition) is 3. The van der Waals surface area contributed by atoms with Crippen LogP contribution >= 0.6 is 0 Å². The molecule has 0 aliphatic rings. The van der Waals surface area contributed by atoms with Crippen molar-refractivity contribution in [3.8, 4) is 0 Å². The van der Waals surface area contributed by atoms with E-state index in [1.54, 1.807) is 12.2 Å². The van der Waals surface area contributed by atoms with Crippen LogP contribution in [0.1, 0.15) is 162 Å². The van der Waals surface area contributed by atoms with E-state index in [1.165, 1.54) is 64.2 Å². The van der Waals surface area contributed by atoms with Crippen molar-refractivity contribution >= 4 is 11.9 Å². The molecular weight excluding hydrogens is 604 g/mol. The first-order valence-electron chi connectivity index (χ1n) is 19.3. The van der Waals surface area contributed by atoms with E-state index in [2.05, 4.69) is 20.8 Å². The Balaban J connectivity index is 3.69. The van der Waals surface area contributed by atoms with Gasteiger partial charge in [-0.25, -0.2) is 0 Å². The number of hydrogen-bond acceptors (Lipinski definition) is 7. The molecule has 0 saturated heterocycles. The molecule has 0 radical (unpaired) electrons. The van der Waals surface area contributed by atoms with Gasteiger partial charge in [0.1, 0.15) is 19.3 Å². The van der Waals surface area contributed by atoms with Gasteiger partial charge in [-0.3, -0.25) is 9.59 Å². The van der Waals surface area contributed by atoms with Crippen LogP contribution in [-0.4, -0.2) is 58.8 Å². The van der Waals surface area contributed by atoms with Crippen LogP contribution in [0.25, 0.3) is 0 Å². The quantitative estimate of drug-likeness (QED) is 0.0360. The molecule has 0 saturated carbocycles. The van der Waals surface area contributed by atoms with Gasteiger partial charge >= 0.3 is 11.9 Å². The Hall–Kier alpha value is -2.22. The summed E-state index contributed by atoms with van der Waals surface area (Å²) >= 11 is 0. The largest absolute Gasteiger partial charge is 0.463 e. The van der Waals surface area contributed by atoms with Crippen molar-refractivity contribution in [3.63, 3.8) is 0 Å². The highest BCUT2D eigenvalue weighted by molar-refractivity contribution is 5.69. The molecule has 0 bridgehead atoms. The number of carbonyl (C=O) groups excluding carboxylic acids is 2. The van der Waals surface area contributed by atoms with Crippen molar-refractivity contribution in [3.05, 3.63) is 48.6 Å². The summed E-state index contributed by atoms with van der Waals surface area (Å²) in [5.41, 5.74) is 0. The summed E-state index contributed by atoms with van der Waals surface area (Å²) in [6, 6.07) is 0. The number of aliphatic hydroxyl groups excluding tert-OH is 3. The van der Waals surface area contributed by atoms with Crippen LogP contribution < -0.4 is 0 Å². The zero-order chi connectivity index (χ0) is 35.5. The molecule has 48 heavy (non-hydrogen) atoms. The van der Waals surface area contributed by atoms with Crippen molar-refractivity contribution in [2.24, 2.45) is 5.92 Å². The fourth-order valence-electron chi connectivity index (χ4n) is 5.19. The van der Waals surface area contributed by atoms with E-state index < -0.39 is 18.2 Å². The standard InChI is InChI=1S/C41H72O7/c1-4-5-21-28-37(42)29-23-18-14-12-15-19-24-30-38(43)31-26-33-41(46)48-35-39(44)34-47-40(45)32-25-20-16-11-9-7-6-8-10-13-17-22-27-36(2)3/h14-15,18-19,23-24,29-30,36-39,42-44H,4-13,16-17,20-22,25-28,31-35H2,1-3H3/b18-14-,19-15-,29-23+,30-24+/t37-,38-,39-/m0/s1. The summed E-state index contributed by atoms with van der Waals surface area (Å²) in [6.07, 6.45) is 35.3. The molecule has 3 atom stereocenters. The van der Waals surface area contributed by atoms with Gasteiger partial charge in [-0.2, -0.15) is 0 Å². The van der Waals surface area contributed by atoms with Crippen molar-refractivity contribution in [1.82, 2.24) is 0 Å². The molecule has 0 rings (SSSR count). The third-order valence-corrected chi connectivity index (χ3v) is 8.20. The summed E-state index contributed by atoms with van der Waals surface area (Å²) in [5.74, 6) is 0.0428. The minimum atomic E-state index is -1.05. The second kappa shape index (κ2) is 34.6. The average molecular weight is 677 g/mol. The zero-order valence-corrected chi connectivity index (χ0v) is 30.9. The summed E-state index contributed by atoms with van der Waals surface area (Å²) in [6.45, 7) is 6.33. The third kappa shape index (κ3) is 35.1. The van der Waals surface area contributed by atoms with Gasteiger partial charge in [-0.1, -0.05) is 166 Å². The maximum atomic E-state index is 12.0. The summed E-state index contributed by atoms with van der Waals surface area (Å²) in [5, 5.41) is 29.9. The van der Waals surface area contributed by atoms with Crippen molar-refractivity contribution in [2.45, 2.75) is 180 Å². The van der Waals surface area contributed by atoms with E-state index in [9.17, 15) is 24.9 Å². The number of allylic oxidation sites excluding steroid dienone is 6. The fraction of sp³-hybridized carbons (Fsp3) is 0.756. The van der Waals surface area contributed by atoms with E-state index in [-0.39, 0.29) is 31.7 Å². The van der Waals surface area contributed by atoms with Crippen LogP contribution in [0.5, 0.6) is 0 Å². The van der Waals surface area contributed by atoms with Crippen LogP contribution in [0.3, 0.4) is 0 Å². The first kappa shape index (κ1) is 45.8. The van der Waals surface area contributed by atoms with Gasteiger partial charge in [-0.15, -0.1) is 0 Å². The van der Waals surface area contributed by atoms with E-state index in [0.717, 1.165) is 57.3 Å². The number of aliphatic hydroxyl groups is 3. The van der Waals surface area contributed by atoms with E-state index in [1.807, 2.05) is 36.5 Å². The molecule has 0 aliphatic heterocycles. The highest BCUT2D eigenvalue weighted by Crippen LogP contribution is 2.14. The van der Waals surface area contributed by atoms with Gasteiger partial charge in [0, 0.05) is 12.8 Å². The summed E-state index contributed by atoms with van der Waals surface area (Å²) < 4.78 is 10.2. The lowest BCUT2D eigenvalue weighted by atomic mass is 10.0. The molecule has 0 heterocycles. The SMILES string of the molecule is CCCCC[C@H](O)/C=C/C=C\C/C=C\C=C\[C@H](O)CCCC(=O)OC[C@@H](O)COC(=O)CCCCCCCCCCCCCCC(C)C. The van der Waals surface area contributed by atoms with Crippen molar-refractivity contribution in [1.29, 1.82) is 0 Å². The predicted molar refractivity (Wildman–Crippen MR) is 199 cm³/mol. The second-order valence-electron chi connectivity index (χ2n) is 13.6. The smallest absolute Gasteiger partial charge is 0.305 e. The van der Waals surface area contributed by atoms with Gasteiger partial charge in [0.2, 0.25) is 0 Å². The topological polar surface area (TPSA) is 113 Å². The molecular formula is C41H72O7. The molecule has 0 aromatic carbocycles. The molecule has 0 unspecified atom stereocenters. The first-order chi connectivity index (χ1) is 23.2. The van der Waals surface area contributed by atoms with E-state index in [4.69, 9.17) is 9.47 Å². The van der Waals surface area contributed by atoms with Gasteiger partial charge in [0.15, 0.2) is 0 Å². The average Bonchev–Trinajstić information content (AvgIpc) is 3.05. The highest BCUT2D eigenvalue weighted by atomic mass is 16.6. The van der Waals surface area contributed by atoms with Crippen molar-refractivity contribution in [2.75, 3.05) is 13.2 Å². The van der Waals surface area contributed by atoms with Crippen LogP contribution in [-0.2, 0) is 19.1 Å². The number of ether oxygens (including phenoxy) is 2. The Bertz CT molecular complexity index is 861. The highest BCUT2D eigenvalue weighted by Gasteiger charge is 2.12. The molecule has 7 heteroatoms. The Kier molecular flexibility index (Phi) is 33.0. The molecule has 0 aromatic heterocycles. The molecule has 0 amide bonds. The molecule has 7 nitrogen and oxygen atoms in total. The van der Waals surface area contributed by atoms with Gasteiger partial charge in [0.05, 0.1) is 12.2 Å². The lowest BCUT2D eigenvalue weighted by molar-refractivity contribution is -0.152. The van der Waals surface area contributed by atoms with Crippen LogP contribution in [0.2, 0.25) is 0 Å². The molecule has 0 aromatic rings. The number of rotatable bonds is 33. The lowest BCUT2D eigenvalue weighted by Crippen LogP contribution is -2.25. The summed E-state index contributed by atoms with van der Waals surface area (Å²) in [4.78, 5) is 23.9. The van der Waals surface area contributed by atoms with Crippen LogP contribution in [0, 0.1) is 5.92 Å². The maximum Gasteiger partial charge on any atom is 0.305 e. The molecule has 3 N–H and O–H groups in total. The van der Waals surface area contributed by atoms with Crippen LogP contribution in [0.15, 0.2) is 48.6 Å². The molecule has 0 aliphatic carbocycles. The Labute approximate surface area is 294 Å². The monoisotopic (exact) mass is 677 g/mol. The third-order valence-electron chi connectivity index (χ3n) is 8.20. The second-order valence-corrected chi connectivity index (χ2v) is 13.6. The molecule has 278 valence electrons. The number of carbonyl (C=O) groups is 2. The van der Waals surface area contributed by atoms with Gasteiger partial charge in [0.25, 0.3) is 0 Å². The fourth-order valence-corrected chi connectivity index (χ4v) is 5.19. The van der Waals surface area contributed by atoms with Crippen LogP contribution in [0.4, 0.5) is 0 Å². The van der Waals surface area contributed by atoms with Gasteiger partial charge in [-0.05, 0) is 38.0 Å². The summed E-state index contributed by atoms with van der Waals surface area (Å²) in [7, 11) is 0. The molecule has 0 spiro atoms. The van der Waals surface area contributed by atoms with Gasteiger partial charge < -0.3 is 24.8 Å². The molecule has 0 fully saturated rings. The van der Waals surface area contributed by atoms with E-state index >= 15 is 0 Å². The normalized spacial score (nSPS) is 14.1. The van der Waals surface area contributed by atoms with Crippen molar-refractivity contribution < 1.29 is 34.4 Å². The minimum absolute atomic E-state index is 0.136. The predicted octanol–water partition coefficient (Wildman–Crippen LogP) is 9.64. The number of unbranched alkanes of at least 4 members (excludes halogenated alkanes) is 13. The Morgan fingerprint density at radius 2 is 0.958 bits per heavy atom. The number of esters is 2. The minimum Gasteiger partial charge on any atom is -0.463 e. The zero-order valence-electron chi connectivity index (χ0n) is 30.9. The Morgan fingerprint density at radius 1 is 0.542 bits per heavy atom. The van der Waals surface area contributed by atoms with E-state index in [0.29, 0.717) is 19.3 Å².